The summed E-state index contributed by atoms with van der Waals surface area (Å²) in [6.45, 7) is 3.45. The second kappa shape index (κ2) is 8.96. The molecule has 0 radical (unpaired) electrons. The lowest BCUT2D eigenvalue weighted by molar-refractivity contribution is -0.384. The topological polar surface area (TPSA) is 103 Å². The average Bonchev–Trinajstić information content (AvgIpc) is 2.69. The first-order valence-electron chi connectivity index (χ1n) is 8.90. The van der Waals surface area contributed by atoms with E-state index in [1.807, 2.05) is 18.2 Å². The maximum Gasteiger partial charge on any atom is 0.339 e. The van der Waals surface area contributed by atoms with Crippen LogP contribution in [0.15, 0.2) is 53.6 Å². The molecule has 9 nitrogen and oxygen atoms in total. The molecule has 0 saturated carbocycles. The van der Waals surface area contributed by atoms with Gasteiger partial charge in [-0.05, 0) is 25.2 Å². The number of nitro benzene ring substituents is 1. The van der Waals surface area contributed by atoms with Gasteiger partial charge in [-0.1, -0.05) is 18.2 Å². The Morgan fingerprint density at radius 2 is 1.86 bits per heavy atom. The Hall–Kier alpha value is -3.46. The van der Waals surface area contributed by atoms with Crippen molar-refractivity contribution in [1.82, 2.24) is 10.3 Å². The molecule has 2 aromatic carbocycles. The Bertz CT molecular complexity index is 863. The third kappa shape index (κ3) is 5.04. The zero-order valence-corrected chi connectivity index (χ0v) is 15.5. The van der Waals surface area contributed by atoms with Gasteiger partial charge in [-0.15, -0.1) is 0 Å². The summed E-state index contributed by atoms with van der Waals surface area (Å²) in [5.74, 6) is 0. The third-order valence-corrected chi connectivity index (χ3v) is 4.47. The zero-order chi connectivity index (χ0) is 19.9. The van der Waals surface area contributed by atoms with E-state index in [2.05, 4.69) is 32.7 Å². The Kier molecular flexibility index (Phi) is 6.18. The van der Waals surface area contributed by atoms with Crippen molar-refractivity contribution in [3.63, 3.8) is 0 Å². The van der Waals surface area contributed by atoms with Crippen molar-refractivity contribution >= 4 is 29.3 Å². The number of carbonyl (C=O) groups is 1. The van der Waals surface area contributed by atoms with Gasteiger partial charge in [0.2, 0.25) is 0 Å². The molecule has 2 N–H and O–H groups in total. The van der Waals surface area contributed by atoms with Gasteiger partial charge in [-0.3, -0.25) is 10.1 Å². The predicted molar refractivity (Wildman–Crippen MR) is 109 cm³/mol. The molecule has 9 heteroatoms. The molecule has 1 fully saturated rings. The van der Waals surface area contributed by atoms with Crippen LogP contribution in [0.1, 0.15) is 5.56 Å². The van der Waals surface area contributed by atoms with Crippen molar-refractivity contribution in [2.75, 3.05) is 43.4 Å². The average molecular weight is 382 g/mol. The molecule has 0 unspecified atom stereocenters. The highest BCUT2D eigenvalue weighted by molar-refractivity contribution is 5.92. The molecule has 1 aliphatic rings. The molecule has 0 atom stereocenters. The van der Waals surface area contributed by atoms with Gasteiger partial charge in [0.05, 0.1) is 11.1 Å². The molecule has 146 valence electrons. The van der Waals surface area contributed by atoms with Gasteiger partial charge in [0.25, 0.3) is 5.69 Å². The Labute approximate surface area is 162 Å². The minimum atomic E-state index is -0.492. The number of hydrogen-bond donors (Lipinski definition) is 2. The van der Waals surface area contributed by atoms with Gasteiger partial charge < -0.3 is 15.1 Å². The normalized spacial score (nSPS) is 14.8. The number of urea groups is 1. The molecule has 0 spiro atoms. The van der Waals surface area contributed by atoms with Crippen LogP contribution < -0.4 is 15.6 Å². The highest BCUT2D eigenvalue weighted by atomic mass is 16.6. The van der Waals surface area contributed by atoms with E-state index >= 15 is 0 Å². The molecular formula is C19H22N6O3. The maximum absolute atomic E-state index is 11.9. The van der Waals surface area contributed by atoms with Crippen molar-refractivity contribution in [2.45, 2.75) is 0 Å². The summed E-state index contributed by atoms with van der Waals surface area (Å²) in [4.78, 5) is 27.0. The highest BCUT2D eigenvalue weighted by Gasteiger charge is 2.18. The minimum Gasteiger partial charge on any atom is -0.368 e. The number of benzene rings is 2. The Balaban J connectivity index is 1.73. The minimum absolute atomic E-state index is 0.0203. The van der Waals surface area contributed by atoms with Crippen LogP contribution in [0.25, 0.3) is 0 Å². The lowest BCUT2D eigenvalue weighted by Crippen LogP contribution is -2.44. The van der Waals surface area contributed by atoms with Gasteiger partial charge in [0.1, 0.15) is 0 Å². The van der Waals surface area contributed by atoms with Gasteiger partial charge in [-0.25, -0.2) is 10.2 Å². The number of non-ortho nitro benzene ring substituents is 1. The number of piperazine rings is 1. The van der Waals surface area contributed by atoms with E-state index in [0.29, 0.717) is 11.3 Å². The van der Waals surface area contributed by atoms with Gasteiger partial charge >= 0.3 is 6.03 Å². The smallest absolute Gasteiger partial charge is 0.339 e. The quantitative estimate of drug-likeness (QED) is 0.470. The summed E-state index contributed by atoms with van der Waals surface area (Å²) in [6.07, 6.45) is 1.44. The SMILES string of the molecule is CN1CCN(c2ccc([N+](=O)[O-])cc2/C=N/NC(=O)Nc2ccccc2)CC1. The number of hydrazone groups is 1. The fourth-order valence-corrected chi connectivity index (χ4v) is 2.94. The van der Waals surface area contributed by atoms with Crippen LogP contribution in [-0.2, 0) is 0 Å². The number of nitro groups is 1. The molecule has 2 aromatic rings. The van der Waals surface area contributed by atoms with Crippen LogP contribution in [0.4, 0.5) is 21.9 Å². The van der Waals surface area contributed by atoms with Crippen LogP contribution in [-0.4, -0.2) is 55.3 Å². The van der Waals surface area contributed by atoms with Crippen molar-refractivity contribution < 1.29 is 9.72 Å². The maximum atomic E-state index is 11.9. The number of nitrogens with one attached hydrogen (secondary N) is 2. The lowest BCUT2D eigenvalue weighted by Gasteiger charge is -2.34. The third-order valence-electron chi connectivity index (χ3n) is 4.47. The van der Waals surface area contributed by atoms with E-state index < -0.39 is 11.0 Å². The van der Waals surface area contributed by atoms with Gasteiger partial charge in [0.15, 0.2) is 0 Å². The van der Waals surface area contributed by atoms with E-state index in [1.165, 1.54) is 18.3 Å². The van der Waals surface area contributed by atoms with Crippen molar-refractivity contribution in [2.24, 2.45) is 5.10 Å². The first-order valence-corrected chi connectivity index (χ1v) is 8.90. The number of hydrogen-bond acceptors (Lipinski definition) is 6. The number of para-hydroxylation sites is 1. The van der Waals surface area contributed by atoms with Gasteiger partial charge in [-0.2, -0.15) is 5.10 Å². The Morgan fingerprint density at radius 1 is 1.14 bits per heavy atom. The fraction of sp³-hybridized carbons (Fsp3) is 0.263. The molecule has 1 heterocycles. The number of rotatable bonds is 5. The van der Waals surface area contributed by atoms with Crippen LogP contribution in [0.5, 0.6) is 0 Å². The predicted octanol–water partition coefficient (Wildman–Crippen LogP) is 2.50. The Morgan fingerprint density at radius 3 is 2.54 bits per heavy atom. The zero-order valence-electron chi connectivity index (χ0n) is 15.5. The number of nitrogens with zero attached hydrogens (tertiary/aromatic N) is 4. The van der Waals surface area contributed by atoms with E-state index in [1.54, 1.807) is 18.2 Å². The summed E-state index contributed by atoms with van der Waals surface area (Å²) >= 11 is 0. The highest BCUT2D eigenvalue weighted by Crippen LogP contribution is 2.25. The molecule has 0 aliphatic carbocycles. The number of carbonyl (C=O) groups excluding carboxylic acids is 1. The molecule has 0 aromatic heterocycles. The molecule has 2 amide bonds. The standard InChI is InChI=1S/C19H22N6O3/c1-23-9-11-24(12-10-23)18-8-7-17(25(27)28)13-15(18)14-20-22-19(26)21-16-5-3-2-4-6-16/h2-8,13-14H,9-12H2,1H3,(H2,21,22,26)/b20-14+. The first kappa shape index (κ1) is 19.3. The number of amides is 2. The van der Waals surface area contributed by atoms with Crippen molar-refractivity contribution in [3.8, 4) is 0 Å². The fourth-order valence-electron chi connectivity index (χ4n) is 2.94. The van der Waals surface area contributed by atoms with E-state index in [-0.39, 0.29) is 5.69 Å². The summed E-state index contributed by atoms with van der Waals surface area (Å²) in [5.41, 5.74) is 4.45. The van der Waals surface area contributed by atoms with Gasteiger partial charge in [0, 0.05) is 55.2 Å². The summed E-state index contributed by atoms with van der Waals surface area (Å²) < 4.78 is 0. The summed E-state index contributed by atoms with van der Waals surface area (Å²) in [7, 11) is 2.06. The summed E-state index contributed by atoms with van der Waals surface area (Å²) in [6, 6.07) is 13.2. The largest absolute Gasteiger partial charge is 0.368 e. The second-order valence-electron chi connectivity index (χ2n) is 6.48. The monoisotopic (exact) mass is 382 g/mol. The van der Waals surface area contributed by atoms with E-state index in [9.17, 15) is 14.9 Å². The molecular weight excluding hydrogens is 360 g/mol. The van der Waals surface area contributed by atoms with E-state index in [4.69, 9.17) is 0 Å². The first-order chi connectivity index (χ1) is 13.5. The second-order valence-corrected chi connectivity index (χ2v) is 6.48. The molecule has 28 heavy (non-hydrogen) atoms. The van der Waals surface area contributed by atoms with Crippen LogP contribution in [0.3, 0.4) is 0 Å². The van der Waals surface area contributed by atoms with Crippen LogP contribution in [0.2, 0.25) is 0 Å². The molecule has 1 aliphatic heterocycles. The molecule has 0 bridgehead atoms. The van der Waals surface area contributed by atoms with Crippen molar-refractivity contribution in [3.05, 3.63) is 64.2 Å². The lowest BCUT2D eigenvalue weighted by atomic mass is 10.1. The summed E-state index contributed by atoms with van der Waals surface area (Å²) in [5, 5.41) is 17.7. The van der Waals surface area contributed by atoms with Crippen molar-refractivity contribution in [1.29, 1.82) is 0 Å². The number of likely N-dealkylation sites (N-methyl/N-ethyl adjacent to an activating group) is 1. The molecule has 1 saturated heterocycles. The van der Waals surface area contributed by atoms with Crippen LogP contribution in [0, 0.1) is 10.1 Å². The molecule has 3 rings (SSSR count). The van der Waals surface area contributed by atoms with E-state index in [0.717, 1.165) is 31.9 Å². The van der Waals surface area contributed by atoms with Crippen LogP contribution >= 0.6 is 0 Å². The number of anilines is 2.